The molecule has 0 spiro atoms. The minimum absolute atomic E-state index is 0.0543. The summed E-state index contributed by atoms with van der Waals surface area (Å²) in [6.45, 7) is 0.834. The third-order valence-corrected chi connectivity index (χ3v) is 16.0. The van der Waals surface area contributed by atoms with E-state index in [1.54, 1.807) is 55.0 Å². The van der Waals surface area contributed by atoms with Crippen LogP contribution in [0.4, 0.5) is 17.1 Å². The van der Waals surface area contributed by atoms with E-state index in [-0.39, 0.29) is 45.1 Å². The summed E-state index contributed by atoms with van der Waals surface area (Å²) in [7, 11) is 0. The summed E-state index contributed by atoms with van der Waals surface area (Å²) in [5.74, 6) is -6.27. The Balaban J connectivity index is 1.29. The average molecular weight is 1210 g/mol. The molecule has 88 heavy (non-hydrogen) atoms. The zero-order chi connectivity index (χ0) is 62.9. The van der Waals surface area contributed by atoms with E-state index in [1.807, 2.05) is 18.2 Å². The number of aliphatic carboxylic acids is 1. The number of nitrogens with zero attached hydrogens (tertiary/aromatic N) is 3. The number of aromatic nitrogens is 6. The van der Waals surface area contributed by atoms with Crippen LogP contribution in [0.25, 0.3) is 0 Å². The van der Waals surface area contributed by atoms with Crippen molar-refractivity contribution in [2.75, 3.05) is 42.1 Å². The van der Waals surface area contributed by atoms with Crippen molar-refractivity contribution in [1.29, 1.82) is 0 Å². The number of carbonyl (C=O) groups excluding carboxylic acids is 7. The Bertz CT molecular complexity index is 3070. The summed E-state index contributed by atoms with van der Waals surface area (Å²) in [6.07, 6.45) is 12.9. The van der Waals surface area contributed by atoms with Gasteiger partial charge in [0.15, 0.2) is 0 Å². The van der Waals surface area contributed by atoms with E-state index in [9.17, 15) is 38.7 Å². The molecule has 28 nitrogen and oxygen atoms in total. The van der Waals surface area contributed by atoms with E-state index in [2.05, 4.69) is 67.1 Å². The average Bonchev–Trinajstić information content (AvgIpc) is 0.945. The molecule has 2 bridgehead atoms. The first-order valence-electron chi connectivity index (χ1n) is 29.5. The van der Waals surface area contributed by atoms with Crippen LogP contribution in [-0.4, -0.2) is 145 Å². The molecule has 0 aliphatic heterocycles. The van der Waals surface area contributed by atoms with Gasteiger partial charge in [-0.15, -0.1) is 0 Å². The molecule has 23 N–H and O–H groups in total. The smallest absolute Gasteiger partial charge is 0.305 e. The zero-order valence-electron chi connectivity index (χ0n) is 48.7. The van der Waals surface area contributed by atoms with Crippen molar-refractivity contribution >= 4 is 64.4 Å². The van der Waals surface area contributed by atoms with E-state index in [0.29, 0.717) is 126 Å². The molecular formula is C60H79N19O9. The largest absolute Gasteiger partial charge is 0.481 e. The molecule has 0 saturated carbocycles. The Morgan fingerprint density at radius 3 is 1.09 bits per heavy atom. The molecule has 6 aromatic rings. The number of rotatable bonds is 37. The van der Waals surface area contributed by atoms with Crippen molar-refractivity contribution < 1.29 is 43.5 Å². The second-order valence-electron chi connectivity index (χ2n) is 22.2. The molecule has 7 amide bonds. The summed E-state index contributed by atoms with van der Waals surface area (Å²) < 4.78 is 0. The van der Waals surface area contributed by atoms with Crippen molar-refractivity contribution in [3.05, 3.63) is 143 Å². The monoisotopic (exact) mass is 1210 g/mol. The second-order valence-corrected chi connectivity index (χ2v) is 22.2. The van der Waals surface area contributed by atoms with Gasteiger partial charge >= 0.3 is 5.97 Å². The van der Waals surface area contributed by atoms with Crippen molar-refractivity contribution in [2.24, 2.45) is 34.4 Å². The molecular weight excluding hydrogens is 1130 g/mol. The number of carboxylic acid groups (broad SMARTS) is 1. The summed E-state index contributed by atoms with van der Waals surface area (Å²) in [6, 6.07) is 9.94. The van der Waals surface area contributed by atoms with E-state index in [0.717, 1.165) is 0 Å². The van der Waals surface area contributed by atoms with Crippen LogP contribution in [0.3, 0.4) is 0 Å². The molecule has 28 heteroatoms. The van der Waals surface area contributed by atoms with E-state index in [4.69, 9.17) is 34.4 Å². The number of unbranched alkanes of at least 4 members (excludes halogenated alkanes) is 3. The van der Waals surface area contributed by atoms with Crippen molar-refractivity contribution in [1.82, 2.24) is 51.2 Å². The molecule has 3 aromatic heterocycles. The minimum Gasteiger partial charge on any atom is -0.481 e. The maximum Gasteiger partial charge on any atom is 0.305 e. The van der Waals surface area contributed by atoms with Gasteiger partial charge in [-0.3, -0.25) is 38.4 Å². The fourth-order valence-electron chi connectivity index (χ4n) is 11.6. The molecule has 9 rings (SSSR count). The summed E-state index contributed by atoms with van der Waals surface area (Å²) in [5, 5.41) is 31.5. The quantitative estimate of drug-likeness (QED) is 0.0227. The highest BCUT2D eigenvalue weighted by molar-refractivity contribution is 6.02. The number of nitrogens with two attached hydrogens (primary N) is 6. The summed E-state index contributed by atoms with van der Waals surface area (Å²) in [4.78, 5) is 132. The predicted octanol–water partition coefficient (Wildman–Crippen LogP) is -0.0449. The highest BCUT2D eigenvalue weighted by atomic mass is 16.4. The standard InChI is InChI=1S/C60H79N19O9/c61-17-4-1-7-45(53(64)82)77-56(85)48(24-36-27-67-30-71-36)74-33-10-13-39-42(21-33)60(59(88)70-20-16-51(80)81)43-22-34(75-49(25-37-28-68-31-72-37)57(86)78-46(54(65)83)8-2-5-18-62)11-14-40(43)52(39)41-15-12-35(23-44(41)60)76-50(26-38-29-69-32-73-38)58(87)79-47(55(66)84)9-3-6-19-63/h10-15,21-23,27-32,45-50,52,74-76H,1-9,16-20,24-26,61-63H2,(H2,64,82)(H2,65,83)(H2,66,84)(H,67,71)(H,68,72)(H,69,73)(H,70,88)(H,77,85)(H,78,86)(H,79,87)(H,80,81)/t45-,46-,47-,48-,49-,50-,52?,60?/m0/s1. The lowest BCUT2D eigenvalue weighted by Gasteiger charge is -2.50. The van der Waals surface area contributed by atoms with Crippen molar-refractivity contribution in [3.63, 3.8) is 0 Å². The van der Waals surface area contributed by atoms with Crippen LogP contribution >= 0.6 is 0 Å². The van der Waals surface area contributed by atoms with Gasteiger partial charge in [0, 0.05) is 84.5 Å². The Morgan fingerprint density at radius 1 is 0.489 bits per heavy atom. The van der Waals surface area contributed by atoms with Crippen LogP contribution in [0.2, 0.25) is 0 Å². The molecule has 3 heterocycles. The predicted molar refractivity (Wildman–Crippen MR) is 327 cm³/mol. The normalized spacial score (nSPS) is 16.4. The number of hydrogen-bond donors (Lipinski definition) is 17. The third-order valence-electron chi connectivity index (χ3n) is 16.0. The Kier molecular flexibility index (Phi) is 22.0. The Morgan fingerprint density at radius 2 is 0.818 bits per heavy atom. The van der Waals surface area contributed by atoms with E-state index in [1.165, 1.54) is 19.0 Å². The highest BCUT2D eigenvalue weighted by Crippen LogP contribution is 2.60. The second kappa shape index (κ2) is 30.1. The maximum absolute atomic E-state index is 16.1. The number of H-pyrrole nitrogens is 3. The number of carboxylic acids is 1. The Hall–Kier alpha value is -9.67. The highest BCUT2D eigenvalue weighted by Gasteiger charge is 2.57. The fourth-order valence-corrected chi connectivity index (χ4v) is 11.6. The van der Waals surface area contributed by atoms with Crippen LogP contribution in [0, 0.1) is 0 Å². The number of aromatic amines is 3. The van der Waals surface area contributed by atoms with Gasteiger partial charge in [0.2, 0.25) is 41.4 Å². The van der Waals surface area contributed by atoms with Crippen LogP contribution in [0.5, 0.6) is 0 Å². The molecule has 3 aromatic carbocycles. The van der Waals surface area contributed by atoms with Crippen molar-refractivity contribution in [2.45, 2.75) is 131 Å². The van der Waals surface area contributed by atoms with Gasteiger partial charge in [-0.1, -0.05) is 18.2 Å². The molecule has 468 valence electrons. The summed E-state index contributed by atoms with van der Waals surface area (Å²) >= 11 is 0. The zero-order valence-corrected chi connectivity index (χ0v) is 48.7. The third kappa shape index (κ3) is 15.5. The van der Waals surface area contributed by atoms with Gasteiger partial charge in [-0.05, 0) is 147 Å². The summed E-state index contributed by atoms with van der Waals surface area (Å²) in [5.41, 5.74) is 39.0. The van der Waals surface area contributed by atoms with E-state index < -0.39 is 101 Å². The first kappa shape index (κ1) is 64.3. The van der Waals surface area contributed by atoms with Crippen molar-refractivity contribution in [3.8, 4) is 0 Å². The van der Waals surface area contributed by atoms with E-state index >= 15 is 4.79 Å². The number of anilines is 3. The Labute approximate surface area is 507 Å². The lowest BCUT2D eigenvalue weighted by atomic mass is 9.52. The van der Waals surface area contributed by atoms with Gasteiger partial charge in [0.05, 0.1) is 25.4 Å². The lowest BCUT2D eigenvalue weighted by molar-refractivity contribution is -0.137. The molecule has 0 fully saturated rings. The molecule has 3 aliphatic carbocycles. The molecule has 3 aliphatic rings. The van der Waals surface area contributed by atoms with Gasteiger partial charge in [0.25, 0.3) is 0 Å². The molecule has 6 atom stereocenters. The number of amides is 7. The number of benzene rings is 3. The molecule has 0 saturated heterocycles. The van der Waals surface area contributed by atoms with Crippen LogP contribution < -0.4 is 71.6 Å². The minimum atomic E-state index is -1.89. The number of primary amides is 3. The number of carbonyl (C=O) groups is 8. The number of hydrogen-bond acceptors (Lipinski definition) is 17. The number of nitrogens with one attached hydrogen (secondary N) is 10. The topological polar surface area (TPSA) is 483 Å². The molecule has 0 unspecified atom stereocenters. The maximum atomic E-state index is 16.1. The lowest BCUT2D eigenvalue weighted by Crippen LogP contribution is -2.53. The first-order valence-corrected chi connectivity index (χ1v) is 29.5. The van der Waals surface area contributed by atoms with Gasteiger partial charge in [-0.2, -0.15) is 0 Å². The first-order chi connectivity index (χ1) is 42.4. The number of imidazole rings is 3. The SMILES string of the molecule is NCCCC[C@H](NC(=O)[C@H](Cc1cnc[nH]1)Nc1ccc2c(c1)C1(C(=O)NCCC(=O)O)c3cc(N[C@@H](Cc4cnc[nH]4)C(=O)N[C@@H](CCCCN)C(N)=O)ccc3C2c2ccc(N[C@@H](Cc3cnc[nH]3)C(=O)N[C@@H](CCCCN)C(N)=O)cc21)C(N)=O. The van der Waals surface area contributed by atoms with Crippen LogP contribution in [0.1, 0.15) is 121 Å². The fraction of sp³-hybridized carbons (Fsp3) is 0.417. The van der Waals surface area contributed by atoms with Crippen LogP contribution in [-0.2, 0) is 63.0 Å². The van der Waals surface area contributed by atoms with Gasteiger partial charge in [0.1, 0.15) is 41.7 Å². The van der Waals surface area contributed by atoms with Gasteiger partial charge < -0.3 is 91.7 Å². The molecule has 0 radical (unpaired) electrons. The van der Waals surface area contributed by atoms with Gasteiger partial charge in [-0.25, -0.2) is 15.0 Å². The van der Waals surface area contributed by atoms with Crippen LogP contribution in [0.15, 0.2) is 92.2 Å².